The first-order chi connectivity index (χ1) is 15.5. The molecule has 0 aromatic carbocycles. The van der Waals surface area contributed by atoms with Gasteiger partial charge in [0.15, 0.2) is 0 Å². The Morgan fingerprint density at radius 1 is 0.500 bits per heavy atom. The van der Waals surface area contributed by atoms with Crippen LogP contribution >= 0.6 is 0 Å². The van der Waals surface area contributed by atoms with Crippen LogP contribution in [0.2, 0.25) is 0 Å². The van der Waals surface area contributed by atoms with Crippen LogP contribution in [-0.2, 0) is 10.1 Å². The van der Waals surface area contributed by atoms with Crippen LogP contribution in [-0.4, -0.2) is 29.9 Å². The van der Waals surface area contributed by atoms with E-state index in [4.69, 9.17) is 4.55 Å². The van der Waals surface area contributed by atoms with Crippen LogP contribution in [0, 0.1) is 0 Å². The molecular formula is C27H56O4S. The molecule has 0 saturated carbocycles. The second-order valence-electron chi connectivity index (χ2n) is 9.94. The van der Waals surface area contributed by atoms with Gasteiger partial charge < -0.3 is 5.11 Å². The fourth-order valence-corrected chi connectivity index (χ4v) is 4.99. The zero-order valence-corrected chi connectivity index (χ0v) is 22.2. The highest BCUT2D eigenvalue weighted by Gasteiger charge is 2.10. The van der Waals surface area contributed by atoms with Crippen molar-refractivity contribution in [1.82, 2.24) is 0 Å². The van der Waals surface area contributed by atoms with Crippen molar-refractivity contribution < 1.29 is 18.1 Å². The number of unbranched alkanes of at least 4 members (excludes halogenated alkanes) is 21. The summed E-state index contributed by atoms with van der Waals surface area (Å²) in [6, 6.07) is 0. The average molecular weight is 477 g/mol. The lowest BCUT2D eigenvalue weighted by molar-refractivity contribution is 0.156. The first-order valence-electron chi connectivity index (χ1n) is 14.1. The predicted octanol–water partition coefficient (Wildman–Crippen LogP) is 8.62. The van der Waals surface area contributed by atoms with Crippen molar-refractivity contribution in [2.45, 2.75) is 167 Å². The summed E-state index contributed by atoms with van der Waals surface area (Å²) < 4.78 is 30.0. The lowest BCUT2D eigenvalue weighted by atomic mass is 10.0. The summed E-state index contributed by atoms with van der Waals surface area (Å²) in [7, 11) is -3.95. The van der Waals surface area contributed by atoms with E-state index in [-0.39, 0.29) is 12.2 Å². The number of aliphatic hydroxyl groups excluding tert-OH is 1. The first kappa shape index (κ1) is 31.9. The minimum atomic E-state index is -3.95. The molecule has 0 saturated heterocycles. The monoisotopic (exact) mass is 476 g/mol. The van der Waals surface area contributed by atoms with E-state index in [1.807, 2.05) is 0 Å². The topological polar surface area (TPSA) is 74.6 Å². The molecule has 0 aromatic rings. The van der Waals surface area contributed by atoms with Crippen LogP contribution in [0.5, 0.6) is 0 Å². The van der Waals surface area contributed by atoms with Gasteiger partial charge in [0.25, 0.3) is 10.1 Å². The summed E-state index contributed by atoms with van der Waals surface area (Å²) >= 11 is 0. The SMILES string of the molecule is CCCCCCCCCCCCCCCCCCCCCCCCC(O)CCS(=O)(=O)O. The van der Waals surface area contributed by atoms with Crippen molar-refractivity contribution in [3.63, 3.8) is 0 Å². The van der Waals surface area contributed by atoms with E-state index in [0.717, 1.165) is 12.8 Å². The molecule has 5 heteroatoms. The Hall–Kier alpha value is -0.130. The van der Waals surface area contributed by atoms with Gasteiger partial charge in [0.2, 0.25) is 0 Å². The maximum absolute atomic E-state index is 10.7. The zero-order valence-electron chi connectivity index (χ0n) is 21.4. The quantitative estimate of drug-likeness (QED) is 0.0967. The van der Waals surface area contributed by atoms with Gasteiger partial charge >= 0.3 is 0 Å². The molecule has 4 nitrogen and oxygen atoms in total. The number of rotatable bonds is 26. The molecule has 194 valence electrons. The highest BCUT2D eigenvalue weighted by Crippen LogP contribution is 2.16. The molecule has 0 aliphatic heterocycles. The Morgan fingerprint density at radius 3 is 1.06 bits per heavy atom. The molecule has 0 heterocycles. The van der Waals surface area contributed by atoms with Gasteiger partial charge in [-0.05, 0) is 12.8 Å². The largest absolute Gasteiger partial charge is 0.393 e. The van der Waals surface area contributed by atoms with Crippen molar-refractivity contribution in [3.8, 4) is 0 Å². The van der Waals surface area contributed by atoms with Gasteiger partial charge in [-0.15, -0.1) is 0 Å². The molecule has 2 N–H and O–H groups in total. The first-order valence-corrected chi connectivity index (χ1v) is 15.7. The second kappa shape index (κ2) is 24.0. The molecule has 0 amide bonds. The molecule has 1 unspecified atom stereocenters. The summed E-state index contributed by atoms with van der Waals surface area (Å²) in [4.78, 5) is 0. The molecule has 0 aliphatic rings. The van der Waals surface area contributed by atoms with Gasteiger partial charge in [0.05, 0.1) is 11.9 Å². The lowest BCUT2D eigenvalue weighted by Gasteiger charge is -2.09. The van der Waals surface area contributed by atoms with E-state index in [0.29, 0.717) is 6.42 Å². The molecular weight excluding hydrogens is 420 g/mol. The van der Waals surface area contributed by atoms with Crippen molar-refractivity contribution in [2.24, 2.45) is 0 Å². The standard InChI is InChI=1S/C27H56O4S/c1-2-3-4-5-6-7-8-9-10-11-12-13-14-15-16-17-18-19-20-21-22-23-24-27(28)25-26-32(29,30)31/h27-28H,2-26H2,1H3,(H,29,30,31). The van der Waals surface area contributed by atoms with Crippen LogP contribution in [0.4, 0.5) is 0 Å². The molecule has 0 aliphatic carbocycles. The molecule has 0 rings (SSSR count). The van der Waals surface area contributed by atoms with Crippen molar-refractivity contribution in [3.05, 3.63) is 0 Å². The van der Waals surface area contributed by atoms with E-state index in [2.05, 4.69) is 6.92 Å². The molecule has 0 radical (unpaired) electrons. The molecule has 0 aromatic heterocycles. The van der Waals surface area contributed by atoms with Crippen LogP contribution in [0.25, 0.3) is 0 Å². The third-order valence-corrected chi connectivity index (χ3v) is 7.35. The summed E-state index contributed by atoms with van der Waals surface area (Å²) in [6.07, 6.45) is 30.1. The minimum absolute atomic E-state index is 0.137. The maximum atomic E-state index is 10.7. The van der Waals surface area contributed by atoms with Crippen molar-refractivity contribution in [1.29, 1.82) is 0 Å². The summed E-state index contributed by atoms with van der Waals surface area (Å²) in [5, 5.41) is 9.70. The van der Waals surface area contributed by atoms with Gasteiger partial charge in [0, 0.05) is 0 Å². The summed E-state index contributed by atoms with van der Waals surface area (Å²) in [5.74, 6) is -0.340. The Morgan fingerprint density at radius 2 is 0.781 bits per heavy atom. The molecule has 0 spiro atoms. The molecule has 1 atom stereocenters. The Kier molecular flexibility index (Phi) is 23.9. The number of hydrogen-bond donors (Lipinski definition) is 2. The van der Waals surface area contributed by atoms with Crippen LogP contribution in [0.15, 0.2) is 0 Å². The summed E-state index contributed by atoms with van der Waals surface area (Å²) in [5.41, 5.74) is 0. The van der Waals surface area contributed by atoms with Gasteiger partial charge in [-0.1, -0.05) is 148 Å². The fraction of sp³-hybridized carbons (Fsp3) is 1.00. The average Bonchev–Trinajstić information content (AvgIpc) is 2.75. The van der Waals surface area contributed by atoms with Gasteiger partial charge in [0.1, 0.15) is 0 Å². The molecule has 0 bridgehead atoms. The van der Waals surface area contributed by atoms with E-state index >= 15 is 0 Å². The van der Waals surface area contributed by atoms with Gasteiger partial charge in [-0.3, -0.25) is 4.55 Å². The lowest BCUT2D eigenvalue weighted by Crippen LogP contribution is -2.14. The highest BCUT2D eigenvalue weighted by molar-refractivity contribution is 7.85. The minimum Gasteiger partial charge on any atom is -0.393 e. The van der Waals surface area contributed by atoms with Gasteiger partial charge in [-0.25, -0.2) is 0 Å². The predicted molar refractivity (Wildman–Crippen MR) is 139 cm³/mol. The third-order valence-electron chi connectivity index (χ3n) is 6.60. The Labute approximate surface area is 201 Å². The third kappa shape index (κ3) is 27.9. The Balaban J connectivity index is 3.12. The van der Waals surface area contributed by atoms with E-state index in [1.54, 1.807) is 0 Å². The van der Waals surface area contributed by atoms with E-state index < -0.39 is 16.2 Å². The second-order valence-corrected chi connectivity index (χ2v) is 11.5. The fourth-order valence-electron chi connectivity index (χ4n) is 4.42. The summed E-state index contributed by atoms with van der Waals surface area (Å²) in [6.45, 7) is 2.28. The maximum Gasteiger partial charge on any atom is 0.264 e. The smallest absolute Gasteiger partial charge is 0.264 e. The van der Waals surface area contributed by atoms with Gasteiger partial charge in [-0.2, -0.15) is 8.42 Å². The highest BCUT2D eigenvalue weighted by atomic mass is 32.2. The van der Waals surface area contributed by atoms with Crippen LogP contribution in [0.1, 0.15) is 161 Å². The Bertz CT molecular complexity index is 464. The number of hydrogen-bond acceptors (Lipinski definition) is 3. The van der Waals surface area contributed by atoms with Crippen LogP contribution in [0.3, 0.4) is 0 Å². The van der Waals surface area contributed by atoms with Crippen molar-refractivity contribution in [2.75, 3.05) is 5.75 Å². The molecule has 0 fully saturated rings. The van der Waals surface area contributed by atoms with E-state index in [9.17, 15) is 13.5 Å². The number of aliphatic hydroxyl groups is 1. The van der Waals surface area contributed by atoms with Crippen molar-refractivity contribution >= 4 is 10.1 Å². The normalized spacial score (nSPS) is 13.0. The van der Waals surface area contributed by atoms with E-state index in [1.165, 1.54) is 128 Å². The van der Waals surface area contributed by atoms with Crippen LogP contribution < -0.4 is 0 Å². The molecule has 32 heavy (non-hydrogen) atoms. The zero-order chi connectivity index (χ0) is 23.8.